The predicted octanol–water partition coefficient (Wildman–Crippen LogP) is 3.02. The maximum atomic E-state index is 12.1. The largest absolute Gasteiger partial charge is 0.573 e. The summed E-state index contributed by atoms with van der Waals surface area (Å²) in [7, 11) is 1.14. The van der Waals surface area contributed by atoms with Crippen LogP contribution in [0.25, 0.3) is 0 Å². The van der Waals surface area contributed by atoms with Crippen LogP contribution < -0.4 is 9.47 Å². The first-order valence-electron chi connectivity index (χ1n) is 4.41. The van der Waals surface area contributed by atoms with E-state index in [9.17, 15) is 18.0 Å². The molecule has 0 spiro atoms. The Balaban J connectivity index is 3.19. The fourth-order valence-electron chi connectivity index (χ4n) is 1.22. The fraction of sp³-hybridized carbons (Fsp3) is 0.300. The van der Waals surface area contributed by atoms with Gasteiger partial charge in [0.05, 0.1) is 18.6 Å². The summed E-state index contributed by atoms with van der Waals surface area (Å²) in [5, 5.41) is 0. The fourth-order valence-corrected chi connectivity index (χ4v) is 1.37. The van der Waals surface area contributed by atoms with E-state index in [1.807, 2.05) is 0 Å². The second kappa shape index (κ2) is 5.27. The van der Waals surface area contributed by atoms with Gasteiger partial charge in [-0.25, -0.2) is 0 Å². The van der Waals surface area contributed by atoms with E-state index >= 15 is 0 Å². The Hall–Kier alpha value is -1.43. The zero-order chi connectivity index (χ0) is 13.1. The molecule has 3 nitrogen and oxygen atoms in total. The van der Waals surface area contributed by atoms with Gasteiger partial charge in [0, 0.05) is 0 Å². The van der Waals surface area contributed by atoms with Crippen molar-refractivity contribution in [3.63, 3.8) is 0 Å². The standard InChI is InChI=1S/C10H8ClF3O3/c1-16-9-6(7(15)5-11)3-2-4-8(9)17-10(12,13)14/h2-4H,5H2,1H3. The number of benzene rings is 1. The van der Waals surface area contributed by atoms with E-state index in [2.05, 4.69) is 4.74 Å². The topological polar surface area (TPSA) is 35.5 Å². The van der Waals surface area contributed by atoms with Gasteiger partial charge < -0.3 is 9.47 Å². The van der Waals surface area contributed by atoms with Crippen LogP contribution in [0.2, 0.25) is 0 Å². The Morgan fingerprint density at radius 2 is 2.06 bits per heavy atom. The number of halogens is 4. The number of ketones is 1. The first kappa shape index (κ1) is 13.6. The van der Waals surface area contributed by atoms with Gasteiger partial charge in [0.2, 0.25) is 0 Å². The van der Waals surface area contributed by atoms with Gasteiger partial charge in [0.1, 0.15) is 0 Å². The summed E-state index contributed by atoms with van der Waals surface area (Å²) in [4.78, 5) is 11.4. The molecule has 1 aromatic carbocycles. The first-order valence-corrected chi connectivity index (χ1v) is 4.94. The minimum absolute atomic E-state index is 0.0516. The van der Waals surface area contributed by atoms with Crippen molar-refractivity contribution in [3.8, 4) is 11.5 Å². The van der Waals surface area contributed by atoms with Gasteiger partial charge in [0.15, 0.2) is 17.3 Å². The molecule has 0 saturated heterocycles. The summed E-state index contributed by atoms with van der Waals surface area (Å²) in [5.74, 6) is -1.76. The summed E-state index contributed by atoms with van der Waals surface area (Å²) in [6.45, 7) is 0. The van der Waals surface area contributed by atoms with E-state index in [1.54, 1.807) is 0 Å². The quantitative estimate of drug-likeness (QED) is 0.622. The molecule has 0 aliphatic rings. The van der Waals surface area contributed by atoms with Gasteiger partial charge in [0.25, 0.3) is 0 Å². The summed E-state index contributed by atoms with van der Waals surface area (Å²) in [6.07, 6.45) is -4.85. The van der Waals surface area contributed by atoms with Crippen molar-refractivity contribution in [1.82, 2.24) is 0 Å². The van der Waals surface area contributed by atoms with E-state index in [-0.39, 0.29) is 17.2 Å². The van der Waals surface area contributed by atoms with E-state index in [0.29, 0.717) is 0 Å². The molecular formula is C10H8ClF3O3. The minimum atomic E-state index is -4.85. The Morgan fingerprint density at radius 1 is 1.41 bits per heavy atom. The zero-order valence-electron chi connectivity index (χ0n) is 8.68. The monoisotopic (exact) mass is 268 g/mol. The third-order valence-corrected chi connectivity index (χ3v) is 2.07. The van der Waals surface area contributed by atoms with Crippen LogP contribution in [-0.2, 0) is 0 Å². The van der Waals surface area contributed by atoms with Crippen molar-refractivity contribution in [1.29, 1.82) is 0 Å². The number of methoxy groups -OCH3 is 1. The molecule has 0 aromatic heterocycles. The maximum Gasteiger partial charge on any atom is 0.573 e. The number of para-hydroxylation sites is 1. The number of alkyl halides is 4. The lowest BCUT2D eigenvalue weighted by atomic mass is 10.1. The van der Waals surface area contributed by atoms with Gasteiger partial charge in [-0.05, 0) is 12.1 Å². The average molecular weight is 269 g/mol. The van der Waals surface area contributed by atoms with Gasteiger partial charge in [-0.15, -0.1) is 24.8 Å². The lowest BCUT2D eigenvalue weighted by molar-refractivity contribution is -0.275. The number of hydrogen-bond donors (Lipinski definition) is 0. The maximum absolute atomic E-state index is 12.1. The van der Waals surface area contributed by atoms with Crippen molar-refractivity contribution in [2.45, 2.75) is 6.36 Å². The molecule has 0 atom stereocenters. The lowest BCUT2D eigenvalue weighted by Crippen LogP contribution is -2.18. The molecule has 0 bridgehead atoms. The Labute approximate surface area is 100 Å². The molecule has 94 valence electrons. The molecular weight excluding hydrogens is 261 g/mol. The van der Waals surface area contributed by atoms with Crippen molar-refractivity contribution >= 4 is 17.4 Å². The second-order valence-corrected chi connectivity index (χ2v) is 3.21. The number of rotatable bonds is 4. The second-order valence-electron chi connectivity index (χ2n) is 2.94. The molecule has 0 radical (unpaired) electrons. The number of Topliss-reactive ketones (excluding diaryl/α,β-unsaturated/α-hetero) is 1. The summed E-state index contributed by atoms with van der Waals surface area (Å²) in [6, 6.07) is 3.62. The van der Waals surface area contributed by atoms with Crippen molar-refractivity contribution in [3.05, 3.63) is 23.8 Å². The highest BCUT2D eigenvalue weighted by Crippen LogP contribution is 2.35. The van der Waals surface area contributed by atoms with Gasteiger partial charge in [-0.1, -0.05) is 6.07 Å². The van der Waals surface area contributed by atoms with Crippen LogP contribution in [0.3, 0.4) is 0 Å². The van der Waals surface area contributed by atoms with Crippen LogP contribution in [0.15, 0.2) is 18.2 Å². The molecule has 0 N–H and O–H groups in total. The molecule has 0 aliphatic carbocycles. The molecule has 0 saturated carbocycles. The third kappa shape index (κ3) is 3.52. The number of carbonyl (C=O) groups excluding carboxylic acids is 1. The van der Waals surface area contributed by atoms with Crippen LogP contribution in [0.4, 0.5) is 13.2 Å². The summed E-state index contributed by atoms with van der Waals surface area (Å²) < 4.78 is 44.7. The highest BCUT2D eigenvalue weighted by atomic mass is 35.5. The van der Waals surface area contributed by atoms with Crippen LogP contribution in [0.1, 0.15) is 10.4 Å². The van der Waals surface area contributed by atoms with E-state index in [0.717, 1.165) is 13.2 Å². The lowest BCUT2D eigenvalue weighted by Gasteiger charge is -2.14. The molecule has 0 heterocycles. The molecule has 0 aliphatic heterocycles. The normalized spacial score (nSPS) is 11.1. The number of hydrogen-bond acceptors (Lipinski definition) is 3. The van der Waals surface area contributed by atoms with Crippen LogP contribution >= 0.6 is 11.6 Å². The highest BCUT2D eigenvalue weighted by Gasteiger charge is 2.33. The van der Waals surface area contributed by atoms with Crippen molar-refractivity contribution < 1.29 is 27.4 Å². The van der Waals surface area contributed by atoms with Crippen LogP contribution in [0, 0.1) is 0 Å². The Bertz CT molecular complexity index is 418. The van der Waals surface area contributed by atoms with Gasteiger partial charge in [-0.3, -0.25) is 4.79 Å². The van der Waals surface area contributed by atoms with Gasteiger partial charge in [-0.2, -0.15) is 0 Å². The van der Waals surface area contributed by atoms with Crippen LogP contribution in [-0.4, -0.2) is 25.1 Å². The first-order chi connectivity index (χ1) is 7.89. The van der Waals surface area contributed by atoms with Crippen molar-refractivity contribution in [2.75, 3.05) is 13.0 Å². The summed E-state index contributed by atoms with van der Waals surface area (Å²) >= 11 is 5.33. The van der Waals surface area contributed by atoms with E-state index in [4.69, 9.17) is 16.3 Å². The Kier molecular flexibility index (Phi) is 4.22. The van der Waals surface area contributed by atoms with Crippen LogP contribution in [0.5, 0.6) is 11.5 Å². The highest BCUT2D eigenvalue weighted by molar-refractivity contribution is 6.30. The predicted molar refractivity (Wildman–Crippen MR) is 54.7 cm³/mol. The smallest absolute Gasteiger partial charge is 0.492 e. The number of ether oxygens (including phenoxy) is 2. The summed E-state index contributed by atoms with van der Waals surface area (Å²) in [5.41, 5.74) is -0.0516. The molecule has 7 heteroatoms. The molecule has 1 rings (SSSR count). The average Bonchev–Trinajstić information content (AvgIpc) is 2.25. The molecule has 0 amide bonds. The van der Waals surface area contributed by atoms with E-state index < -0.39 is 17.9 Å². The SMILES string of the molecule is COc1c(OC(F)(F)F)cccc1C(=O)CCl. The van der Waals surface area contributed by atoms with E-state index in [1.165, 1.54) is 12.1 Å². The molecule has 17 heavy (non-hydrogen) atoms. The minimum Gasteiger partial charge on any atom is -0.492 e. The zero-order valence-corrected chi connectivity index (χ0v) is 9.43. The molecule has 1 aromatic rings. The molecule has 0 unspecified atom stereocenters. The Morgan fingerprint density at radius 3 is 2.53 bits per heavy atom. The van der Waals surface area contributed by atoms with Crippen molar-refractivity contribution in [2.24, 2.45) is 0 Å². The van der Waals surface area contributed by atoms with Gasteiger partial charge >= 0.3 is 6.36 Å². The molecule has 0 fully saturated rings. The third-order valence-electron chi connectivity index (χ3n) is 1.83. The number of carbonyl (C=O) groups is 1.